The summed E-state index contributed by atoms with van der Waals surface area (Å²) in [4.78, 5) is -1.26. The molecule has 2 unspecified atom stereocenters. The van der Waals surface area contributed by atoms with Gasteiger partial charge < -0.3 is 0 Å². The number of alkyl halides is 1. The van der Waals surface area contributed by atoms with E-state index in [-0.39, 0.29) is 0 Å². The topological polar surface area (TPSA) is 95.2 Å². The number of hydrogen-bond donors (Lipinski definition) is 0. The molecule has 1 aromatic carbocycles. The molecular weight excluding hydrogens is 357 g/mol. The lowest BCUT2D eigenvalue weighted by atomic mass is 9.90. The molecule has 0 saturated heterocycles. The summed E-state index contributed by atoms with van der Waals surface area (Å²) < 4.78 is 25.4. The lowest BCUT2D eigenvalue weighted by molar-refractivity contribution is 0.593. The highest BCUT2D eigenvalue weighted by molar-refractivity contribution is 6.32. The molecule has 0 heterocycles. The molecule has 2 atom stereocenters. The predicted molar refractivity (Wildman–Crippen MR) is 82.2 cm³/mol. The van der Waals surface area contributed by atoms with Gasteiger partial charge in [-0.15, -0.1) is 0 Å². The first-order valence-corrected chi connectivity index (χ1v) is 6.93. The third-order valence-electron chi connectivity index (χ3n) is 2.90. The minimum atomic E-state index is -1.26. The van der Waals surface area contributed by atoms with Crippen molar-refractivity contribution in [2.24, 2.45) is 5.92 Å². The third-order valence-corrected chi connectivity index (χ3v) is 3.60. The van der Waals surface area contributed by atoms with Gasteiger partial charge in [0.05, 0.1) is 12.1 Å². The Kier molecular flexibility index (Phi) is 6.46. The molecule has 0 saturated carbocycles. The Labute approximate surface area is 146 Å². The van der Waals surface area contributed by atoms with Crippen molar-refractivity contribution < 1.29 is 8.78 Å². The summed E-state index contributed by atoms with van der Waals surface area (Å²) in [7, 11) is 0. The molecule has 1 aliphatic rings. The molecule has 8 heteroatoms. The highest BCUT2D eigenvalue weighted by atomic mass is 35.5. The Morgan fingerprint density at radius 3 is 1.88 bits per heavy atom. The number of allylic oxidation sites excluding steroid dienone is 4. The number of benzene rings is 1. The standard InChI is InChI=1S/C8H4Cl2N2.C8H2F2N2/c9-7-1-2-8(10,5-12)6(3-7)4-11;9-7-1-2-8(10)6(4-12)5(7)3-11/h1-3,6H;1-2H. The van der Waals surface area contributed by atoms with E-state index in [4.69, 9.17) is 44.2 Å². The van der Waals surface area contributed by atoms with Gasteiger partial charge in [0.15, 0.2) is 4.87 Å². The van der Waals surface area contributed by atoms with Crippen LogP contribution in [0.3, 0.4) is 0 Å². The van der Waals surface area contributed by atoms with E-state index in [1.54, 1.807) is 0 Å². The van der Waals surface area contributed by atoms with Crippen molar-refractivity contribution in [2.75, 3.05) is 0 Å². The maximum Gasteiger partial charge on any atom is 0.168 e. The molecule has 0 bridgehead atoms. The fourth-order valence-corrected chi connectivity index (χ4v) is 2.01. The molecule has 0 amide bonds. The van der Waals surface area contributed by atoms with Crippen LogP contribution >= 0.6 is 23.2 Å². The number of nitrogens with zero attached hydrogens (tertiary/aromatic N) is 4. The fourth-order valence-electron chi connectivity index (χ4n) is 1.65. The van der Waals surface area contributed by atoms with Gasteiger partial charge in [0.25, 0.3) is 0 Å². The lowest BCUT2D eigenvalue weighted by Gasteiger charge is -2.20. The highest BCUT2D eigenvalue weighted by Crippen LogP contribution is 2.33. The Morgan fingerprint density at radius 1 is 1.00 bits per heavy atom. The van der Waals surface area contributed by atoms with E-state index in [9.17, 15) is 8.78 Å². The average Bonchev–Trinajstić information content (AvgIpc) is 2.59. The average molecular weight is 363 g/mol. The van der Waals surface area contributed by atoms with Gasteiger partial charge >= 0.3 is 0 Å². The fraction of sp³-hybridized carbons (Fsp3) is 0.125. The Bertz CT molecular complexity index is 843. The zero-order valence-corrected chi connectivity index (χ0v) is 13.3. The van der Waals surface area contributed by atoms with Gasteiger partial charge in [-0.25, -0.2) is 8.78 Å². The number of rotatable bonds is 0. The summed E-state index contributed by atoms with van der Waals surface area (Å²) in [5.41, 5.74) is -1.09. The van der Waals surface area contributed by atoms with Crippen molar-refractivity contribution in [3.63, 3.8) is 0 Å². The van der Waals surface area contributed by atoms with Crippen molar-refractivity contribution in [1.82, 2.24) is 0 Å². The summed E-state index contributed by atoms with van der Waals surface area (Å²) in [5, 5.41) is 34.5. The van der Waals surface area contributed by atoms with Crippen LogP contribution in [0.5, 0.6) is 0 Å². The molecule has 0 aromatic heterocycles. The smallest absolute Gasteiger partial charge is 0.168 e. The molecule has 0 spiro atoms. The molecule has 0 aliphatic heterocycles. The van der Waals surface area contributed by atoms with Crippen LogP contribution < -0.4 is 0 Å². The van der Waals surface area contributed by atoms with Gasteiger partial charge in [-0.05, 0) is 30.4 Å². The first-order chi connectivity index (χ1) is 11.3. The van der Waals surface area contributed by atoms with Crippen LogP contribution in [0.25, 0.3) is 0 Å². The van der Waals surface area contributed by atoms with E-state index in [1.807, 2.05) is 12.1 Å². The van der Waals surface area contributed by atoms with Crippen molar-refractivity contribution >= 4 is 23.2 Å². The Hall–Kier alpha value is -2.90. The molecule has 118 valence electrons. The van der Waals surface area contributed by atoms with Crippen molar-refractivity contribution in [3.05, 3.63) is 58.2 Å². The van der Waals surface area contributed by atoms with E-state index >= 15 is 0 Å². The monoisotopic (exact) mass is 362 g/mol. The summed E-state index contributed by atoms with van der Waals surface area (Å²) in [5.74, 6) is -2.44. The maximum absolute atomic E-state index is 12.7. The summed E-state index contributed by atoms with van der Waals surface area (Å²) in [6.07, 6.45) is 4.42. The molecule has 0 N–H and O–H groups in total. The molecule has 4 nitrogen and oxygen atoms in total. The van der Waals surface area contributed by atoms with Crippen LogP contribution in [0.2, 0.25) is 0 Å². The highest BCUT2D eigenvalue weighted by Gasteiger charge is 2.35. The molecule has 24 heavy (non-hydrogen) atoms. The molecular formula is C16H6Cl2F2N4. The predicted octanol–water partition coefficient (Wildman–Crippen LogP) is 4.03. The second-order valence-corrected chi connectivity index (χ2v) is 5.44. The molecule has 1 aromatic rings. The minimum Gasteiger partial charge on any atom is -0.205 e. The first kappa shape index (κ1) is 19.1. The van der Waals surface area contributed by atoms with Crippen molar-refractivity contribution in [3.8, 4) is 24.3 Å². The van der Waals surface area contributed by atoms with Crippen LogP contribution in [0.4, 0.5) is 8.78 Å². The second-order valence-electron chi connectivity index (χ2n) is 4.37. The third kappa shape index (κ3) is 4.09. The Morgan fingerprint density at radius 2 is 1.50 bits per heavy atom. The van der Waals surface area contributed by atoms with E-state index in [0.29, 0.717) is 5.03 Å². The number of nitriles is 4. The first-order valence-electron chi connectivity index (χ1n) is 6.17. The molecule has 0 radical (unpaired) electrons. The van der Waals surface area contributed by atoms with E-state index < -0.39 is 33.6 Å². The van der Waals surface area contributed by atoms with Gasteiger partial charge in [-0.3, -0.25) is 0 Å². The van der Waals surface area contributed by atoms with Crippen molar-refractivity contribution in [2.45, 2.75) is 4.87 Å². The van der Waals surface area contributed by atoms with Gasteiger partial charge in [-0.1, -0.05) is 23.2 Å². The number of hydrogen-bond acceptors (Lipinski definition) is 4. The van der Waals surface area contributed by atoms with Crippen LogP contribution in [-0.4, -0.2) is 4.87 Å². The lowest BCUT2D eigenvalue weighted by Crippen LogP contribution is -2.27. The van der Waals surface area contributed by atoms with Crippen LogP contribution in [0.1, 0.15) is 11.1 Å². The maximum atomic E-state index is 12.7. The molecule has 0 fully saturated rings. The van der Waals surface area contributed by atoms with Crippen LogP contribution in [0, 0.1) is 62.9 Å². The Balaban J connectivity index is 0.000000240. The molecule has 2 rings (SSSR count). The van der Waals surface area contributed by atoms with Gasteiger partial charge in [-0.2, -0.15) is 21.0 Å². The van der Waals surface area contributed by atoms with Crippen LogP contribution in [0.15, 0.2) is 35.4 Å². The van der Waals surface area contributed by atoms with Gasteiger partial charge in [0.1, 0.15) is 40.8 Å². The van der Waals surface area contributed by atoms with E-state index in [2.05, 4.69) is 0 Å². The second kappa shape index (κ2) is 8.09. The van der Waals surface area contributed by atoms with Crippen molar-refractivity contribution in [1.29, 1.82) is 21.0 Å². The number of halogens is 4. The zero-order valence-electron chi connectivity index (χ0n) is 11.8. The zero-order chi connectivity index (χ0) is 18.3. The summed E-state index contributed by atoms with van der Waals surface area (Å²) in [6, 6.07) is 8.23. The van der Waals surface area contributed by atoms with E-state index in [0.717, 1.165) is 12.1 Å². The quantitative estimate of drug-likeness (QED) is 0.650. The van der Waals surface area contributed by atoms with Crippen LogP contribution in [-0.2, 0) is 0 Å². The summed E-state index contributed by atoms with van der Waals surface area (Å²) >= 11 is 11.4. The molecule has 1 aliphatic carbocycles. The largest absolute Gasteiger partial charge is 0.205 e. The van der Waals surface area contributed by atoms with Gasteiger partial charge in [0, 0.05) is 5.03 Å². The summed E-state index contributed by atoms with van der Waals surface area (Å²) in [6.45, 7) is 0. The minimum absolute atomic E-state index is 0.438. The van der Waals surface area contributed by atoms with Gasteiger partial charge in [0.2, 0.25) is 0 Å². The van der Waals surface area contributed by atoms with E-state index in [1.165, 1.54) is 30.4 Å². The normalized spacial score (nSPS) is 21.0. The SMILES string of the molecule is N#CC1C=C(Cl)C=CC1(Cl)C#N.N#Cc1c(F)ccc(F)c1C#N.